The van der Waals surface area contributed by atoms with Crippen molar-refractivity contribution >= 4 is 22.6 Å². The number of carbonyl (C=O) groups excluding carboxylic acids is 1. The van der Waals surface area contributed by atoms with Gasteiger partial charge in [0.05, 0.1) is 16.6 Å². The zero-order valence-corrected chi connectivity index (χ0v) is 23.3. The number of nitrogens with one attached hydrogen (secondary N) is 1. The van der Waals surface area contributed by atoms with E-state index in [9.17, 15) is 22.4 Å². The minimum atomic E-state index is -4.69. The van der Waals surface area contributed by atoms with Crippen molar-refractivity contribution in [2.45, 2.75) is 45.1 Å². The maximum absolute atomic E-state index is 14.7. The number of rotatable bonds is 8. The Hall–Kier alpha value is -4.79. The van der Waals surface area contributed by atoms with Crippen LogP contribution in [0.15, 0.2) is 91.3 Å². The molecule has 1 amide bonds. The number of hydrogen-bond donors (Lipinski definition) is 1. The van der Waals surface area contributed by atoms with Crippen LogP contribution in [0.2, 0.25) is 0 Å². The molecule has 5 nitrogen and oxygen atoms in total. The van der Waals surface area contributed by atoms with Gasteiger partial charge in [-0.25, -0.2) is 14.4 Å². The topological polar surface area (TPSA) is 58.1 Å². The van der Waals surface area contributed by atoms with Gasteiger partial charge in [-0.3, -0.25) is 4.79 Å². The van der Waals surface area contributed by atoms with E-state index in [0.717, 1.165) is 58.1 Å². The third-order valence-corrected chi connectivity index (χ3v) is 7.57. The van der Waals surface area contributed by atoms with E-state index in [2.05, 4.69) is 40.4 Å². The van der Waals surface area contributed by atoms with Gasteiger partial charge in [-0.15, -0.1) is 0 Å². The van der Waals surface area contributed by atoms with Crippen LogP contribution in [0.1, 0.15) is 45.5 Å². The first-order valence-electron chi connectivity index (χ1n) is 14.0. The number of aryl methyl sites for hydroxylation is 1. The summed E-state index contributed by atoms with van der Waals surface area (Å²) in [6.07, 6.45) is -1.64. The predicted molar refractivity (Wildman–Crippen MR) is 158 cm³/mol. The molecule has 0 saturated heterocycles. The molecule has 1 aliphatic rings. The molecule has 9 heteroatoms. The van der Waals surface area contributed by atoms with Gasteiger partial charge >= 0.3 is 6.18 Å². The SMILES string of the molecule is Cc1cccc(CNc2ncnc3ccc(-c4cccc(CN(C(=O)c5ccc(C(F)(F)F)cc5F)C5CC5)c4)cc23)c1. The number of benzene rings is 4. The number of anilines is 1. The fraction of sp³-hybridized carbons (Fsp3) is 0.206. The van der Waals surface area contributed by atoms with Gasteiger partial charge in [-0.05, 0) is 78.4 Å². The number of hydrogen-bond acceptors (Lipinski definition) is 4. The standard InChI is InChI=1S/C34H28F4N4O/c1-21-4-2-5-22(14-21)18-39-32-29-16-25(8-13-31(29)40-20-41-32)24-7-3-6-23(15-24)19-42(27-10-11-27)33(43)28-12-9-26(17-30(28)35)34(36,37)38/h2-9,12-17,20,27H,10-11,18-19H2,1H3,(H,39,40,41). The Labute approximate surface area is 246 Å². The minimum absolute atomic E-state index is 0.0855. The quantitative estimate of drug-likeness (QED) is 0.187. The highest BCUT2D eigenvalue weighted by atomic mass is 19.4. The highest BCUT2D eigenvalue weighted by Crippen LogP contribution is 2.34. The van der Waals surface area contributed by atoms with E-state index in [-0.39, 0.29) is 18.2 Å². The average Bonchev–Trinajstić information content (AvgIpc) is 3.83. The second-order valence-electron chi connectivity index (χ2n) is 10.9. The van der Waals surface area contributed by atoms with Crippen molar-refractivity contribution in [1.82, 2.24) is 14.9 Å². The van der Waals surface area contributed by atoms with Gasteiger partial charge in [-0.1, -0.05) is 54.1 Å². The van der Waals surface area contributed by atoms with E-state index in [1.165, 1.54) is 11.9 Å². The van der Waals surface area contributed by atoms with Crippen molar-refractivity contribution < 1.29 is 22.4 Å². The molecule has 1 heterocycles. The van der Waals surface area contributed by atoms with Gasteiger partial charge in [0, 0.05) is 24.5 Å². The van der Waals surface area contributed by atoms with Crippen molar-refractivity contribution in [3.05, 3.63) is 125 Å². The average molecular weight is 585 g/mol. The van der Waals surface area contributed by atoms with Crippen molar-refractivity contribution in [2.75, 3.05) is 5.32 Å². The van der Waals surface area contributed by atoms with E-state index in [4.69, 9.17) is 0 Å². The lowest BCUT2D eigenvalue weighted by Gasteiger charge is -2.23. The largest absolute Gasteiger partial charge is 0.416 e. The van der Waals surface area contributed by atoms with E-state index in [1.807, 2.05) is 48.5 Å². The van der Waals surface area contributed by atoms with Crippen molar-refractivity contribution in [2.24, 2.45) is 0 Å². The lowest BCUT2D eigenvalue weighted by molar-refractivity contribution is -0.137. The number of fused-ring (bicyclic) bond motifs is 1. The summed E-state index contributed by atoms with van der Waals surface area (Å²) in [6.45, 7) is 2.87. The molecule has 0 atom stereocenters. The molecule has 43 heavy (non-hydrogen) atoms. The number of carbonyl (C=O) groups is 1. The molecule has 0 radical (unpaired) electrons. The number of alkyl halides is 3. The Bertz CT molecular complexity index is 1820. The summed E-state index contributed by atoms with van der Waals surface area (Å²) in [5.74, 6) is -1.08. The Balaban J connectivity index is 1.25. The molecular weight excluding hydrogens is 556 g/mol. The summed E-state index contributed by atoms with van der Waals surface area (Å²) < 4.78 is 53.7. The number of aromatic nitrogens is 2. The van der Waals surface area contributed by atoms with Gasteiger partial charge in [0.25, 0.3) is 5.91 Å². The highest BCUT2D eigenvalue weighted by Gasteiger charge is 2.36. The Kier molecular flexibility index (Phi) is 7.56. The van der Waals surface area contributed by atoms with Crippen LogP contribution in [0.25, 0.3) is 22.0 Å². The first kappa shape index (κ1) is 28.3. The van der Waals surface area contributed by atoms with Gasteiger partial charge in [0.1, 0.15) is 18.0 Å². The van der Waals surface area contributed by atoms with Crippen LogP contribution in [0.4, 0.5) is 23.4 Å². The third-order valence-electron chi connectivity index (χ3n) is 7.57. The third kappa shape index (κ3) is 6.35. The lowest BCUT2D eigenvalue weighted by Crippen LogP contribution is -2.33. The van der Waals surface area contributed by atoms with Crippen molar-refractivity contribution in [3.8, 4) is 11.1 Å². The lowest BCUT2D eigenvalue weighted by atomic mass is 10.0. The van der Waals surface area contributed by atoms with Crippen LogP contribution in [0, 0.1) is 12.7 Å². The molecule has 1 aliphatic carbocycles. The summed E-state index contributed by atoms with van der Waals surface area (Å²) >= 11 is 0. The van der Waals surface area contributed by atoms with Gasteiger partial charge in [-0.2, -0.15) is 13.2 Å². The molecule has 1 aromatic heterocycles. The van der Waals surface area contributed by atoms with Crippen molar-refractivity contribution in [3.63, 3.8) is 0 Å². The maximum Gasteiger partial charge on any atom is 0.416 e. The van der Waals surface area contributed by atoms with Gasteiger partial charge in [0.15, 0.2) is 0 Å². The van der Waals surface area contributed by atoms with Crippen LogP contribution in [-0.2, 0) is 19.3 Å². The van der Waals surface area contributed by atoms with Crippen LogP contribution in [0.3, 0.4) is 0 Å². The molecule has 6 rings (SSSR count). The first-order valence-corrected chi connectivity index (χ1v) is 14.0. The molecule has 218 valence electrons. The second kappa shape index (κ2) is 11.5. The van der Waals surface area contributed by atoms with E-state index in [1.54, 1.807) is 4.90 Å². The monoisotopic (exact) mass is 584 g/mol. The molecule has 1 N–H and O–H groups in total. The fourth-order valence-corrected chi connectivity index (χ4v) is 5.20. The maximum atomic E-state index is 14.7. The fourth-order valence-electron chi connectivity index (χ4n) is 5.20. The van der Waals surface area contributed by atoms with E-state index in [0.29, 0.717) is 18.4 Å². The molecule has 1 fully saturated rings. The summed E-state index contributed by atoms with van der Waals surface area (Å²) in [6, 6.07) is 23.9. The predicted octanol–water partition coefficient (Wildman–Crippen LogP) is 8.18. The highest BCUT2D eigenvalue weighted by molar-refractivity contribution is 5.95. The van der Waals surface area contributed by atoms with E-state index < -0.39 is 23.5 Å². The first-order chi connectivity index (χ1) is 20.7. The smallest absolute Gasteiger partial charge is 0.365 e. The van der Waals surface area contributed by atoms with Crippen LogP contribution < -0.4 is 5.32 Å². The molecule has 0 unspecified atom stereocenters. The zero-order valence-electron chi connectivity index (χ0n) is 23.3. The molecule has 0 spiro atoms. The minimum Gasteiger partial charge on any atom is -0.365 e. The molecule has 4 aromatic carbocycles. The molecule has 1 saturated carbocycles. The van der Waals surface area contributed by atoms with Gasteiger partial charge < -0.3 is 10.2 Å². The summed E-state index contributed by atoms with van der Waals surface area (Å²) in [5.41, 5.74) is 4.30. The molecule has 5 aromatic rings. The summed E-state index contributed by atoms with van der Waals surface area (Å²) in [4.78, 5) is 23.8. The zero-order chi connectivity index (χ0) is 30.1. The normalized spacial score (nSPS) is 13.2. The Morgan fingerprint density at radius 2 is 1.67 bits per heavy atom. The van der Waals surface area contributed by atoms with E-state index >= 15 is 0 Å². The molecule has 0 bridgehead atoms. The number of halogens is 4. The second-order valence-corrected chi connectivity index (χ2v) is 10.9. The van der Waals surface area contributed by atoms with Crippen LogP contribution in [0.5, 0.6) is 0 Å². The summed E-state index contributed by atoms with van der Waals surface area (Å²) in [5, 5.41) is 4.29. The molecular formula is C34H28F4N4O. The number of amides is 1. The Morgan fingerprint density at radius 1 is 0.907 bits per heavy atom. The number of nitrogens with zero attached hydrogens (tertiary/aromatic N) is 3. The van der Waals surface area contributed by atoms with Crippen LogP contribution in [-0.4, -0.2) is 26.8 Å². The molecule has 0 aliphatic heterocycles. The Morgan fingerprint density at radius 3 is 2.42 bits per heavy atom. The van der Waals surface area contributed by atoms with Gasteiger partial charge in [0.2, 0.25) is 0 Å². The van der Waals surface area contributed by atoms with Crippen LogP contribution >= 0.6 is 0 Å². The summed E-state index contributed by atoms with van der Waals surface area (Å²) in [7, 11) is 0. The van der Waals surface area contributed by atoms with Crippen molar-refractivity contribution in [1.29, 1.82) is 0 Å².